The molecule has 2 heterocycles. The maximum absolute atomic E-state index is 12.7. The Morgan fingerprint density at radius 1 is 1.14 bits per heavy atom. The lowest BCUT2D eigenvalue weighted by Crippen LogP contribution is -2.30. The standard InChI is InChI=1S/C14H18N6O7S2/c1-4-17-29(24,25)11-8(5-6-16-13(11)28(15,22)23)12(21)20-14-18-9(26-2)7-10(19-14)27-3/h5-7,17H,4H2,1-3H3,(H2,15,22,23)(H,18,19,20,21). The molecular weight excluding hydrogens is 428 g/mol. The van der Waals surface area contributed by atoms with Crippen LogP contribution in [0, 0.1) is 0 Å². The fourth-order valence-corrected chi connectivity index (χ4v) is 4.68. The molecule has 0 fully saturated rings. The molecule has 158 valence electrons. The lowest BCUT2D eigenvalue weighted by molar-refractivity contribution is 0.102. The highest BCUT2D eigenvalue weighted by Gasteiger charge is 2.31. The Labute approximate surface area is 166 Å². The zero-order valence-electron chi connectivity index (χ0n) is 15.5. The molecule has 0 spiro atoms. The van der Waals surface area contributed by atoms with Gasteiger partial charge in [-0.15, -0.1) is 0 Å². The van der Waals surface area contributed by atoms with Gasteiger partial charge in [0.2, 0.25) is 27.7 Å². The molecule has 0 aliphatic heterocycles. The van der Waals surface area contributed by atoms with Crippen LogP contribution in [0.5, 0.6) is 11.8 Å². The molecule has 0 saturated heterocycles. The number of ether oxygens (including phenoxy) is 2. The van der Waals surface area contributed by atoms with Crippen LogP contribution in [-0.4, -0.2) is 58.5 Å². The molecule has 4 N–H and O–H groups in total. The molecule has 15 heteroatoms. The fourth-order valence-electron chi connectivity index (χ4n) is 2.17. The minimum absolute atomic E-state index is 0.0626. The van der Waals surface area contributed by atoms with Crippen LogP contribution >= 0.6 is 0 Å². The van der Waals surface area contributed by atoms with Crippen molar-refractivity contribution in [2.75, 3.05) is 26.1 Å². The minimum atomic E-state index is -4.57. The largest absolute Gasteiger partial charge is 0.481 e. The first-order valence-electron chi connectivity index (χ1n) is 7.83. The number of rotatable bonds is 8. The molecule has 0 aliphatic rings. The molecule has 0 radical (unpaired) electrons. The topological polar surface area (TPSA) is 193 Å². The number of hydrogen-bond acceptors (Lipinski definition) is 10. The molecule has 0 saturated carbocycles. The molecule has 0 atom stereocenters. The van der Waals surface area contributed by atoms with Crippen LogP contribution in [0.15, 0.2) is 28.3 Å². The number of nitrogens with one attached hydrogen (secondary N) is 2. The number of primary sulfonamides is 1. The molecule has 2 aromatic heterocycles. The molecule has 13 nitrogen and oxygen atoms in total. The Bertz CT molecular complexity index is 1110. The van der Waals surface area contributed by atoms with Gasteiger partial charge in [-0.2, -0.15) is 9.97 Å². The van der Waals surface area contributed by atoms with E-state index in [1.807, 2.05) is 0 Å². The van der Waals surface area contributed by atoms with Crippen molar-refractivity contribution in [1.29, 1.82) is 0 Å². The molecule has 2 rings (SSSR count). The van der Waals surface area contributed by atoms with Crippen molar-refractivity contribution < 1.29 is 31.1 Å². The highest BCUT2D eigenvalue weighted by atomic mass is 32.2. The van der Waals surface area contributed by atoms with Gasteiger partial charge in [-0.25, -0.2) is 31.7 Å². The first kappa shape index (κ1) is 22.4. The van der Waals surface area contributed by atoms with Gasteiger partial charge in [0, 0.05) is 12.7 Å². The molecule has 0 aromatic carbocycles. The van der Waals surface area contributed by atoms with Crippen LogP contribution in [0.4, 0.5) is 5.95 Å². The van der Waals surface area contributed by atoms with Gasteiger partial charge in [-0.3, -0.25) is 10.1 Å². The maximum Gasteiger partial charge on any atom is 0.259 e. The van der Waals surface area contributed by atoms with Crippen LogP contribution < -0.4 is 24.7 Å². The van der Waals surface area contributed by atoms with Gasteiger partial charge in [-0.1, -0.05) is 6.92 Å². The number of pyridine rings is 1. The average molecular weight is 446 g/mol. The van der Waals surface area contributed by atoms with E-state index in [0.717, 1.165) is 12.3 Å². The van der Waals surface area contributed by atoms with E-state index >= 15 is 0 Å². The summed E-state index contributed by atoms with van der Waals surface area (Å²) in [6.45, 7) is 1.40. The van der Waals surface area contributed by atoms with Crippen LogP contribution in [0.1, 0.15) is 17.3 Å². The molecule has 0 bridgehead atoms. The second-order valence-electron chi connectivity index (χ2n) is 5.27. The summed E-state index contributed by atoms with van der Waals surface area (Å²) in [6.07, 6.45) is 0.937. The molecule has 0 unspecified atom stereocenters. The quantitative estimate of drug-likeness (QED) is 0.457. The van der Waals surface area contributed by atoms with E-state index in [4.69, 9.17) is 14.6 Å². The van der Waals surface area contributed by atoms with E-state index in [0.29, 0.717) is 0 Å². The lowest BCUT2D eigenvalue weighted by atomic mass is 10.2. The van der Waals surface area contributed by atoms with E-state index in [-0.39, 0.29) is 24.3 Å². The predicted molar refractivity (Wildman–Crippen MR) is 99.6 cm³/mol. The van der Waals surface area contributed by atoms with Gasteiger partial charge in [0.1, 0.15) is 4.90 Å². The summed E-state index contributed by atoms with van der Waals surface area (Å²) in [4.78, 5) is 23.2. The van der Waals surface area contributed by atoms with Gasteiger partial charge in [0.25, 0.3) is 15.9 Å². The van der Waals surface area contributed by atoms with Crippen molar-refractivity contribution in [3.8, 4) is 11.8 Å². The molecule has 0 aliphatic carbocycles. The van der Waals surface area contributed by atoms with Crippen molar-refractivity contribution in [3.63, 3.8) is 0 Å². The Morgan fingerprint density at radius 2 is 1.72 bits per heavy atom. The average Bonchev–Trinajstić information content (AvgIpc) is 2.66. The summed E-state index contributed by atoms with van der Waals surface area (Å²) in [5.41, 5.74) is -0.532. The number of carbonyl (C=O) groups excluding carboxylic acids is 1. The molecule has 29 heavy (non-hydrogen) atoms. The second kappa shape index (κ2) is 8.64. The van der Waals surface area contributed by atoms with Crippen molar-refractivity contribution >= 4 is 31.9 Å². The fraction of sp³-hybridized carbons (Fsp3) is 0.286. The first-order valence-corrected chi connectivity index (χ1v) is 10.9. The number of amides is 1. The highest BCUT2D eigenvalue weighted by molar-refractivity contribution is 7.92. The first-order chi connectivity index (χ1) is 13.5. The third-order valence-corrected chi connectivity index (χ3v) is 5.91. The number of hydrogen-bond donors (Lipinski definition) is 3. The molecule has 2 aromatic rings. The van der Waals surface area contributed by atoms with E-state index in [1.54, 1.807) is 0 Å². The third-order valence-electron chi connectivity index (χ3n) is 3.31. The molecular formula is C14H18N6O7S2. The van der Waals surface area contributed by atoms with Crippen molar-refractivity contribution in [2.24, 2.45) is 5.14 Å². The number of methoxy groups -OCH3 is 2. The van der Waals surface area contributed by atoms with E-state index < -0.39 is 41.4 Å². The van der Waals surface area contributed by atoms with Gasteiger partial charge in [0.15, 0.2) is 5.03 Å². The van der Waals surface area contributed by atoms with Crippen LogP contribution in [-0.2, 0) is 20.0 Å². The number of sulfonamides is 2. The van der Waals surface area contributed by atoms with Gasteiger partial charge in [-0.05, 0) is 6.07 Å². The van der Waals surface area contributed by atoms with Crippen LogP contribution in [0.3, 0.4) is 0 Å². The number of nitrogens with zero attached hydrogens (tertiary/aromatic N) is 3. The normalized spacial score (nSPS) is 11.7. The van der Waals surface area contributed by atoms with Crippen molar-refractivity contribution in [2.45, 2.75) is 16.8 Å². The monoisotopic (exact) mass is 446 g/mol. The number of anilines is 1. The van der Waals surface area contributed by atoms with Gasteiger partial charge < -0.3 is 9.47 Å². The predicted octanol–water partition coefficient (Wildman–Crippen LogP) is -0.913. The van der Waals surface area contributed by atoms with E-state index in [9.17, 15) is 21.6 Å². The Hall–Kier alpha value is -2.88. The summed E-state index contributed by atoms with van der Waals surface area (Å²) < 4.78 is 60.8. The van der Waals surface area contributed by atoms with E-state index in [1.165, 1.54) is 27.2 Å². The Balaban J connectivity index is 2.62. The SMILES string of the molecule is CCNS(=O)(=O)c1c(C(=O)Nc2nc(OC)cc(OC)n2)ccnc1S(N)(=O)=O. The number of nitrogens with two attached hydrogens (primary N) is 1. The van der Waals surface area contributed by atoms with Crippen molar-refractivity contribution in [1.82, 2.24) is 19.7 Å². The maximum atomic E-state index is 12.7. The highest BCUT2D eigenvalue weighted by Crippen LogP contribution is 2.24. The number of carbonyl (C=O) groups is 1. The van der Waals surface area contributed by atoms with Crippen LogP contribution in [0.2, 0.25) is 0 Å². The number of aromatic nitrogens is 3. The smallest absolute Gasteiger partial charge is 0.259 e. The minimum Gasteiger partial charge on any atom is -0.481 e. The zero-order valence-corrected chi connectivity index (χ0v) is 17.2. The summed E-state index contributed by atoms with van der Waals surface area (Å²) in [7, 11) is -6.35. The summed E-state index contributed by atoms with van der Waals surface area (Å²) >= 11 is 0. The molecule has 1 amide bonds. The Morgan fingerprint density at radius 3 is 2.21 bits per heavy atom. The van der Waals surface area contributed by atoms with Gasteiger partial charge >= 0.3 is 0 Å². The van der Waals surface area contributed by atoms with Crippen molar-refractivity contribution in [3.05, 3.63) is 23.9 Å². The third kappa shape index (κ3) is 5.14. The van der Waals surface area contributed by atoms with E-state index in [2.05, 4.69) is 25.0 Å². The summed E-state index contributed by atoms with van der Waals surface area (Å²) in [5.74, 6) is -1.17. The zero-order chi connectivity index (χ0) is 21.8. The summed E-state index contributed by atoms with van der Waals surface area (Å²) in [5, 5.41) is 6.36. The van der Waals surface area contributed by atoms with Gasteiger partial charge in [0.05, 0.1) is 25.8 Å². The lowest BCUT2D eigenvalue weighted by Gasteiger charge is -2.13. The summed E-state index contributed by atoms with van der Waals surface area (Å²) in [6, 6.07) is 2.37. The van der Waals surface area contributed by atoms with Crippen LogP contribution in [0.25, 0.3) is 0 Å². The Kier molecular flexibility index (Phi) is 6.68. The second-order valence-corrected chi connectivity index (χ2v) is 8.45.